The lowest BCUT2D eigenvalue weighted by atomic mass is 10.0. The molecule has 1 aliphatic rings. The summed E-state index contributed by atoms with van der Waals surface area (Å²) in [6.07, 6.45) is -0.746. The Labute approximate surface area is 103 Å². The maximum atomic E-state index is 12.5. The number of nitrogens with zero attached hydrogens (tertiary/aromatic N) is 1. The number of aldehydes is 1. The molecule has 98 valence electrons. The van der Waals surface area contributed by atoms with Crippen LogP contribution in [0.5, 0.6) is 0 Å². The highest BCUT2D eigenvalue weighted by molar-refractivity contribution is 5.85. The largest absolute Gasteiger partial charge is 0.416 e. The molecule has 0 spiro atoms. The first-order valence-corrected chi connectivity index (χ1v) is 5.94. The van der Waals surface area contributed by atoms with Crippen molar-refractivity contribution in [1.82, 2.24) is 0 Å². The number of hydrogen-bond acceptors (Lipinski definition) is 2. The zero-order chi connectivity index (χ0) is 13.2. The molecule has 0 saturated carbocycles. The highest BCUT2D eigenvalue weighted by Gasteiger charge is 2.31. The molecular formula is C13H14F3NO. The van der Waals surface area contributed by atoms with Crippen LogP contribution in [0.25, 0.3) is 0 Å². The molecule has 1 heterocycles. The summed E-state index contributed by atoms with van der Waals surface area (Å²) >= 11 is 0. The monoisotopic (exact) mass is 257 g/mol. The van der Waals surface area contributed by atoms with E-state index in [4.69, 9.17) is 0 Å². The Morgan fingerprint density at radius 2 is 1.78 bits per heavy atom. The number of benzene rings is 1. The molecule has 0 unspecified atom stereocenters. The third-order valence-corrected chi connectivity index (χ3v) is 3.18. The average molecular weight is 257 g/mol. The lowest BCUT2D eigenvalue weighted by Gasteiger charge is -2.30. The molecule has 0 N–H and O–H groups in total. The molecule has 18 heavy (non-hydrogen) atoms. The minimum Gasteiger partial charge on any atom is -0.371 e. The number of halogens is 3. The van der Waals surface area contributed by atoms with Crippen LogP contribution in [0.1, 0.15) is 35.2 Å². The minimum atomic E-state index is -4.40. The predicted octanol–water partition coefficient (Wildman–Crippen LogP) is 3.51. The summed E-state index contributed by atoms with van der Waals surface area (Å²) in [6.45, 7) is 1.60. The highest BCUT2D eigenvalue weighted by Crippen LogP contribution is 2.33. The first kappa shape index (κ1) is 12.9. The van der Waals surface area contributed by atoms with Crippen molar-refractivity contribution in [2.75, 3.05) is 18.0 Å². The number of carbonyl (C=O) groups excluding carboxylic acids is 1. The normalized spacial score (nSPS) is 16.7. The van der Waals surface area contributed by atoms with E-state index < -0.39 is 11.7 Å². The van der Waals surface area contributed by atoms with Gasteiger partial charge in [0.15, 0.2) is 6.29 Å². The number of carbonyl (C=O) groups is 1. The van der Waals surface area contributed by atoms with Crippen LogP contribution >= 0.6 is 0 Å². The summed E-state index contributed by atoms with van der Waals surface area (Å²) in [7, 11) is 0. The van der Waals surface area contributed by atoms with Gasteiger partial charge >= 0.3 is 6.18 Å². The fourth-order valence-corrected chi connectivity index (χ4v) is 2.25. The fourth-order valence-electron chi connectivity index (χ4n) is 2.25. The number of rotatable bonds is 2. The third kappa shape index (κ3) is 2.66. The van der Waals surface area contributed by atoms with Crippen molar-refractivity contribution in [3.05, 3.63) is 29.3 Å². The summed E-state index contributed by atoms with van der Waals surface area (Å²) in [6, 6.07) is 3.37. The number of anilines is 1. The van der Waals surface area contributed by atoms with Crippen molar-refractivity contribution in [2.24, 2.45) is 0 Å². The maximum absolute atomic E-state index is 12.5. The number of piperidine rings is 1. The van der Waals surface area contributed by atoms with E-state index in [0.29, 0.717) is 12.0 Å². The molecule has 0 bridgehead atoms. The van der Waals surface area contributed by atoms with E-state index in [1.807, 2.05) is 4.90 Å². The summed E-state index contributed by atoms with van der Waals surface area (Å²) in [4.78, 5) is 12.9. The van der Waals surface area contributed by atoms with Crippen molar-refractivity contribution in [3.63, 3.8) is 0 Å². The molecule has 0 aliphatic carbocycles. The van der Waals surface area contributed by atoms with Crippen LogP contribution in [-0.2, 0) is 6.18 Å². The van der Waals surface area contributed by atoms with E-state index >= 15 is 0 Å². The molecule has 1 aliphatic heterocycles. The Hall–Kier alpha value is -1.52. The Balaban J connectivity index is 2.33. The molecule has 1 saturated heterocycles. The van der Waals surface area contributed by atoms with E-state index in [1.54, 1.807) is 0 Å². The SMILES string of the molecule is O=Cc1cc(C(F)(F)F)ccc1N1CCCCC1. The zero-order valence-electron chi connectivity index (χ0n) is 9.83. The van der Waals surface area contributed by atoms with Gasteiger partial charge in [0.05, 0.1) is 5.56 Å². The van der Waals surface area contributed by atoms with Crippen LogP contribution < -0.4 is 4.90 Å². The highest BCUT2D eigenvalue weighted by atomic mass is 19.4. The molecule has 1 aromatic carbocycles. The fraction of sp³-hybridized carbons (Fsp3) is 0.462. The Kier molecular flexibility index (Phi) is 3.59. The predicted molar refractivity (Wildman–Crippen MR) is 62.9 cm³/mol. The zero-order valence-corrected chi connectivity index (χ0v) is 9.83. The maximum Gasteiger partial charge on any atom is 0.416 e. The van der Waals surface area contributed by atoms with Crippen LogP contribution in [0.3, 0.4) is 0 Å². The second-order valence-corrected chi connectivity index (χ2v) is 4.44. The second-order valence-electron chi connectivity index (χ2n) is 4.44. The topological polar surface area (TPSA) is 20.3 Å². The minimum absolute atomic E-state index is 0.117. The van der Waals surface area contributed by atoms with E-state index in [9.17, 15) is 18.0 Å². The van der Waals surface area contributed by atoms with Crippen LogP contribution in [0.4, 0.5) is 18.9 Å². The smallest absolute Gasteiger partial charge is 0.371 e. The Morgan fingerprint density at radius 3 is 2.33 bits per heavy atom. The summed E-state index contributed by atoms with van der Waals surface area (Å²) in [5.74, 6) is 0. The molecule has 0 radical (unpaired) electrons. The van der Waals surface area contributed by atoms with Gasteiger partial charge in [0, 0.05) is 24.3 Å². The van der Waals surface area contributed by atoms with Gasteiger partial charge in [0.1, 0.15) is 0 Å². The third-order valence-electron chi connectivity index (χ3n) is 3.18. The van der Waals surface area contributed by atoms with Crippen molar-refractivity contribution in [2.45, 2.75) is 25.4 Å². The lowest BCUT2D eigenvalue weighted by molar-refractivity contribution is -0.137. The van der Waals surface area contributed by atoms with E-state index in [-0.39, 0.29) is 5.56 Å². The summed E-state index contributed by atoms with van der Waals surface area (Å²) in [5.41, 5.74) is -0.0465. The van der Waals surface area contributed by atoms with Crippen LogP contribution in [0, 0.1) is 0 Å². The van der Waals surface area contributed by atoms with E-state index in [2.05, 4.69) is 0 Å². The summed E-state index contributed by atoms with van der Waals surface area (Å²) in [5, 5.41) is 0. The molecule has 1 fully saturated rings. The Morgan fingerprint density at radius 1 is 1.11 bits per heavy atom. The molecule has 2 rings (SSSR count). The van der Waals surface area contributed by atoms with Gasteiger partial charge < -0.3 is 4.90 Å². The molecule has 0 aromatic heterocycles. The lowest BCUT2D eigenvalue weighted by Crippen LogP contribution is -2.30. The van der Waals surface area contributed by atoms with Gasteiger partial charge in [0.25, 0.3) is 0 Å². The molecule has 0 atom stereocenters. The Bertz CT molecular complexity index is 436. The molecule has 5 heteroatoms. The van der Waals surface area contributed by atoms with Gasteiger partial charge in [-0.25, -0.2) is 0 Å². The van der Waals surface area contributed by atoms with Crippen LogP contribution in [-0.4, -0.2) is 19.4 Å². The molecular weight excluding hydrogens is 243 g/mol. The first-order valence-electron chi connectivity index (χ1n) is 5.94. The van der Waals surface area contributed by atoms with E-state index in [1.165, 1.54) is 6.07 Å². The quantitative estimate of drug-likeness (QED) is 0.756. The van der Waals surface area contributed by atoms with Gasteiger partial charge in [0.2, 0.25) is 0 Å². The van der Waals surface area contributed by atoms with E-state index in [0.717, 1.165) is 44.5 Å². The molecule has 1 aromatic rings. The number of hydrogen-bond donors (Lipinski definition) is 0. The van der Waals surface area contributed by atoms with Crippen molar-refractivity contribution >= 4 is 12.0 Å². The van der Waals surface area contributed by atoms with Gasteiger partial charge in [-0.2, -0.15) is 13.2 Å². The van der Waals surface area contributed by atoms with Gasteiger partial charge in [-0.15, -0.1) is 0 Å². The molecule has 2 nitrogen and oxygen atoms in total. The molecule has 0 amide bonds. The van der Waals surface area contributed by atoms with Gasteiger partial charge in [-0.3, -0.25) is 4.79 Å². The van der Waals surface area contributed by atoms with Gasteiger partial charge in [-0.05, 0) is 37.5 Å². The first-order chi connectivity index (χ1) is 8.52. The van der Waals surface area contributed by atoms with Gasteiger partial charge in [-0.1, -0.05) is 0 Å². The van der Waals surface area contributed by atoms with Crippen molar-refractivity contribution in [3.8, 4) is 0 Å². The average Bonchev–Trinajstić information content (AvgIpc) is 2.38. The number of alkyl halides is 3. The van der Waals surface area contributed by atoms with Crippen LogP contribution in [0.2, 0.25) is 0 Å². The van der Waals surface area contributed by atoms with Crippen molar-refractivity contribution < 1.29 is 18.0 Å². The van der Waals surface area contributed by atoms with Crippen LogP contribution in [0.15, 0.2) is 18.2 Å². The van der Waals surface area contributed by atoms with Crippen molar-refractivity contribution in [1.29, 1.82) is 0 Å². The standard InChI is InChI=1S/C13H14F3NO/c14-13(15,16)11-4-5-12(10(8-11)9-18)17-6-2-1-3-7-17/h4-5,8-9H,1-3,6-7H2. The summed E-state index contributed by atoms with van der Waals surface area (Å²) < 4.78 is 37.6. The second kappa shape index (κ2) is 5.00.